The first-order valence-corrected chi connectivity index (χ1v) is 12.1. The second kappa shape index (κ2) is 8.86. The van der Waals surface area contributed by atoms with Crippen LogP contribution in [0.5, 0.6) is 0 Å². The fourth-order valence-corrected chi connectivity index (χ4v) is 4.65. The van der Waals surface area contributed by atoms with Gasteiger partial charge in [-0.05, 0) is 55.7 Å². The molecule has 1 fully saturated rings. The van der Waals surface area contributed by atoms with Crippen molar-refractivity contribution < 1.29 is 13.2 Å². The number of carbonyl (C=O) groups excluding carboxylic acids is 1. The molecule has 2 aromatic carbocycles. The second-order valence-electron chi connectivity index (χ2n) is 7.79. The van der Waals surface area contributed by atoms with Gasteiger partial charge in [-0.3, -0.25) is 9.10 Å². The lowest BCUT2D eigenvalue weighted by atomic mass is 10.1. The summed E-state index contributed by atoms with van der Waals surface area (Å²) in [5, 5.41) is 0.468. The van der Waals surface area contributed by atoms with Gasteiger partial charge in [0.25, 0.3) is 0 Å². The average Bonchev–Trinajstić information content (AvgIpc) is 2.69. The summed E-state index contributed by atoms with van der Waals surface area (Å²) in [6, 6.07) is 11.3. The van der Waals surface area contributed by atoms with Crippen molar-refractivity contribution in [2.75, 3.05) is 48.2 Å². The van der Waals surface area contributed by atoms with Gasteiger partial charge in [0.05, 0.1) is 11.9 Å². The van der Waals surface area contributed by atoms with Gasteiger partial charge in [0.2, 0.25) is 15.9 Å². The Morgan fingerprint density at radius 1 is 1.03 bits per heavy atom. The zero-order valence-corrected chi connectivity index (χ0v) is 19.4. The molecule has 1 aliphatic rings. The van der Waals surface area contributed by atoms with E-state index in [2.05, 4.69) is 30.9 Å². The fraction of sp³-hybridized carbons (Fsp3) is 0.409. The fourth-order valence-electron chi connectivity index (χ4n) is 3.63. The molecule has 0 spiro atoms. The summed E-state index contributed by atoms with van der Waals surface area (Å²) in [5.74, 6) is -0.210. The summed E-state index contributed by atoms with van der Waals surface area (Å²) in [5.41, 5.74) is 4.93. The molecule has 1 heterocycles. The predicted octanol–water partition coefficient (Wildman–Crippen LogP) is 3.38. The number of anilines is 2. The van der Waals surface area contributed by atoms with Crippen LogP contribution in [-0.4, -0.2) is 58.2 Å². The van der Waals surface area contributed by atoms with E-state index in [1.165, 1.54) is 16.8 Å². The van der Waals surface area contributed by atoms with E-state index in [4.69, 9.17) is 11.6 Å². The van der Waals surface area contributed by atoms with Crippen LogP contribution in [0.3, 0.4) is 0 Å². The molecule has 0 unspecified atom stereocenters. The maximum atomic E-state index is 12.9. The van der Waals surface area contributed by atoms with Crippen molar-refractivity contribution >= 4 is 38.9 Å². The largest absolute Gasteiger partial charge is 0.368 e. The van der Waals surface area contributed by atoms with Crippen molar-refractivity contribution in [3.63, 3.8) is 0 Å². The maximum Gasteiger partial charge on any atom is 0.243 e. The molecule has 0 saturated carbocycles. The summed E-state index contributed by atoms with van der Waals surface area (Å²) in [6.07, 6.45) is 1.10. The van der Waals surface area contributed by atoms with Crippen LogP contribution < -0.4 is 9.21 Å². The Morgan fingerprint density at radius 2 is 1.70 bits per heavy atom. The number of rotatable bonds is 5. The molecule has 8 heteroatoms. The van der Waals surface area contributed by atoms with Crippen LogP contribution in [0, 0.1) is 20.8 Å². The molecule has 0 bridgehead atoms. The molecule has 0 atom stereocenters. The lowest BCUT2D eigenvalue weighted by Gasteiger charge is -2.37. The van der Waals surface area contributed by atoms with E-state index >= 15 is 0 Å². The molecule has 162 valence electrons. The number of aryl methyl sites for hydroxylation is 2. The number of sulfonamides is 1. The number of amides is 1. The van der Waals surface area contributed by atoms with Crippen LogP contribution >= 0.6 is 11.6 Å². The van der Waals surface area contributed by atoms with E-state index in [9.17, 15) is 13.2 Å². The van der Waals surface area contributed by atoms with E-state index in [0.29, 0.717) is 36.9 Å². The molecule has 6 nitrogen and oxygen atoms in total. The Labute approximate surface area is 184 Å². The summed E-state index contributed by atoms with van der Waals surface area (Å²) >= 11 is 6.17. The highest BCUT2D eigenvalue weighted by atomic mass is 35.5. The van der Waals surface area contributed by atoms with Gasteiger partial charge >= 0.3 is 0 Å². The van der Waals surface area contributed by atoms with Gasteiger partial charge in [-0.1, -0.05) is 29.8 Å². The van der Waals surface area contributed by atoms with Crippen molar-refractivity contribution in [2.24, 2.45) is 0 Å². The third-order valence-corrected chi connectivity index (χ3v) is 7.22. The molecule has 0 aromatic heterocycles. The van der Waals surface area contributed by atoms with E-state index < -0.39 is 10.0 Å². The maximum absolute atomic E-state index is 12.9. The highest BCUT2D eigenvalue weighted by Crippen LogP contribution is 2.26. The van der Waals surface area contributed by atoms with Crippen LogP contribution in [0.2, 0.25) is 5.02 Å². The van der Waals surface area contributed by atoms with Crippen LogP contribution in [0.1, 0.15) is 16.7 Å². The Balaban J connectivity index is 1.70. The number of carbonyl (C=O) groups is 1. The minimum Gasteiger partial charge on any atom is -0.368 e. The van der Waals surface area contributed by atoms with Gasteiger partial charge in [0, 0.05) is 36.9 Å². The zero-order valence-electron chi connectivity index (χ0n) is 17.9. The summed E-state index contributed by atoms with van der Waals surface area (Å²) < 4.78 is 25.8. The lowest BCUT2D eigenvalue weighted by molar-refractivity contribution is -0.129. The highest BCUT2D eigenvalue weighted by Gasteiger charge is 2.27. The van der Waals surface area contributed by atoms with E-state index in [1.54, 1.807) is 23.1 Å². The topological polar surface area (TPSA) is 60.9 Å². The Bertz CT molecular complexity index is 1050. The van der Waals surface area contributed by atoms with Crippen LogP contribution in [-0.2, 0) is 14.8 Å². The Kier molecular flexibility index (Phi) is 6.62. The molecular formula is C22H28ClN3O3S. The van der Waals surface area contributed by atoms with Gasteiger partial charge in [-0.2, -0.15) is 0 Å². The first-order valence-electron chi connectivity index (χ1n) is 9.90. The van der Waals surface area contributed by atoms with Gasteiger partial charge in [-0.25, -0.2) is 8.42 Å². The number of hydrogen-bond acceptors (Lipinski definition) is 4. The molecule has 1 aliphatic heterocycles. The molecule has 0 N–H and O–H groups in total. The molecule has 0 aliphatic carbocycles. The average molecular weight is 450 g/mol. The molecule has 2 aromatic rings. The molecule has 0 radical (unpaired) electrons. The van der Waals surface area contributed by atoms with Crippen molar-refractivity contribution in [2.45, 2.75) is 20.8 Å². The van der Waals surface area contributed by atoms with Gasteiger partial charge < -0.3 is 9.80 Å². The number of piperazine rings is 1. The van der Waals surface area contributed by atoms with Crippen molar-refractivity contribution in [1.29, 1.82) is 0 Å². The number of hydrogen-bond donors (Lipinski definition) is 0. The first kappa shape index (κ1) is 22.4. The van der Waals surface area contributed by atoms with Gasteiger partial charge in [0.1, 0.15) is 6.54 Å². The minimum atomic E-state index is -3.63. The van der Waals surface area contributed by atoms with E-state index in [-0.39, 0.29) is 12.5 Å². The molecule has 30 heavy (non-hydrogen) atoms. The second-order valence-corrected chi connectivity index (χ2v) is 10.1. The third kappa shape index (κ3) is 4.90. The first-order chi connectivity index (χ1) is 14.1. The van der Waals surface area contributed by atoms with Crippen LogP contribution in [0.15, 0.2) is 36.4 Å². The van der Waals surface area contributed by atoms with E-state index in [1.807, 2.05) is 13.0 Å². The Morgan fingerprint density at radius 3 is 2.30 bits per heavy atom. The van der Waals surface area contributed by atoms with Crippen molar-refractivity contribution in [3.8, 4) is 0 Å². The standard InChI is InChI=1S/C22H28ClN3O3S/c1-16-6-5-7-21(18(16)3)24-10-12-25(13-11-24)22(27)15-26(30(4,28)29)19-9-8-17(2)20(23)14-19/h5-9,14H,10-13,15H2,1-4H3. The molecule has 1 amide bonds. The Hall–Kier alpha value is -2.25. The molecular weight excluding hydrogens is 422 g/mol. The number of halogens is 1. The quantitative estimate of drug-likeness (QED) is 0.702. The normalized spacial score (nSPS) is 14.7. The summed E-state index contributed by atoms with van der Waals surface area (Å²) in [6.45, 7) is 8.35. The molecule has 1 saturated heterocycles. The monoisotopic (exact) mass is 449 g/mol. The van der Waals surface area contributed by atoms with Crippen LogP contribution in [0.25, 0.3) is 0 Å². The van der Waals surface area contributed by atoms with Gasteiger partial charge in [-0.15, -0.1) is 0 Å². The molecule has 3 rings (SSSR count). The number of nitrogens with zero attached hydrogens (tertiary/aromatic N) is 3. The van der Waals surface area contributed by atoms with Gasteiger partial charge in [0.15, 0.2) is 0 Å². The highest BCUT2D eigenvalue weighted by molar-refractivity contribution is 7.92. The summed E-state index contributed by atoms with van der Waals surface area (Å²) in [4.78, 5) is 16.9. The zero-order chi connectivity index (χ0) is 22.1. The smallest absolute Gasteiger partial charge is 0.243 e. The van der Waals surface area contributed by atoms with Crippen molar-refractivity contribution in [3.05, 3.63) is 58.1 Å². The third-order valence-electron chi connectivity index (χ3n) is 5.67. The van der Waals surface area contributed by atoms with Crippen LogP contribution in [0.4, 0.5) is 11.4 Å². The number of benzene rings is 2. The SMILES string of the molecule is Cc1ccc(N(CC(=O)N2CCN(c3cccc(C)c3C)CC2)S(C)(=O)=O)cc1Cl. The lowest BCUT2D eigenvalue weighted by Crippen LogP contribution is -2.52. The van der Waals surface area contributed by atoms with E-state index in [0.717, 1.165) is 16.1 Å². The minimum absolute atomic E-state index is 0.210. The predicted molar refractivity (Wildman–Crippen MR) is 123 cm³/mol. The van der Waals surface area contributed by atoms with Crippen molar-refractivity contribution in [1.82, 2.24) is 4.90 Å². The summed E-state index contributed by atoms with van der Waals surface area (Å²) in [7, 11) is -3.63.